The molecule has 104 valence electrons. The molecule has 1 unspecified atom stereocenters. The number of fused-ring (bicyclic) bond motifs is 3. The van der Waals surface area contributed by atoms with Crippen molar-refractivity contribution in [3.63, 3.8) is 0 Å². The van der Waals surface area contributed by atoms with Crippen LogP contribution in [0.15, 0.2) is 42.5 Å². The van der Waals surface area contributed by atoms with Gasteiger partial charge in [-0.05, 0) is 54.7 Å². The van der Waals surface area contributed by atoms with Crippen LogP contribution in [0.5, 0.6) is 0 Å². The van der Waals surface area contributed by atoms with Gasteiger partial charge >= 0.3 is 0 Å². The van der Waals surface area contributed by atoms with E-state index in [0.717, 1.165) is 19.6 Å². The minimum atomic E-state index is 0.330. The zero-order valence-corrected chi connectivity index (χ0v) is 12.1. The van der Waals surface area contributed by atoms with E-state index in [-0.39, 0.29) is 0 Å². The van der Waals surface area contributed by atoms with Gasteiger partial charge in [0.25, 0.3) is 0 Å². The smallest absolute Gasteiger partial charge is 0.0664 e. The Labute approximate surface area is 120 Å². The van der Waals surface area contributed by atoms with Crippen LogP contribution in [0.3, 0.4) is 0 Å². The monoisotopic (exact) mass is 267 g/mol. The molecule has 20 heavy (non-hydrogen) atoms. The highest BCUT2D eigenvalue weighted by molar-refractivity contribution is 5.78. The number of anilines is 1. The average Bonchev–Trinajstić information content (AvgIpc) is 2.82. The molecule has 2 nitrogen and oxygen atoms in total. The summed E-state index contributed by atoms with van der Waals surface area (Å²) in [7, 11) is 0. The van der Waals surface area contributed by atoms with E-state index < -0.39 is 0 Å². The fraction of sp³-hybridized carbons (Fsp3) is 0.333. The molecule has 0 saturated carbocycles. The van der Waals surface area contributed by atoms with E-state index in [1.807, 2.05) is 6.92 Å². The molecular formula is C18H21NO. The van der Waals surface area contributed by atoms with E-state index in [4.69, 9.17) is 4.74 Å². The zero-order valence-electron chi connectivity index (χ0n) is 12.1. The Morgan fingerprint density at radius 1 is 1.10 bits per heavy atom. The van der Waals surface area contributed by atoms with Gasteiger partial charge in [-0.2, -0.15) is 0 Å². The lowest BCUT2D eigenvalue weighted by molar-refractivity contribution is 0.141. The largest absolute Gasteiger partial charge is 0.380 e. The zero-order chi connectivity index (χ0) is 13.9. The van der Waals surface area contributed by atoms with Crippen molar-refractivity contribution in [2.24, 2.45) is 0 Å². The predicted molar refractivity (Wildman–Crippen MR) is 84.3 cm³/mol. The molecule has 0 spiro atoms. The van der Waals surface area contributed by atoms with Gasteiger partial charge in [0.05, 0.1) is 6.61 Å². The van der Waals surface area contributed by atoms with Crippen molar-refractivity contribution >= 4 is 5.69 Å². The maximum atomic E-state index is 5.45. The van der Waals surface area contributed by atoms with Crippen LogP contribution in [0.1, 0.15) is 25.0 Å². The van der Waals surface area contributed by atoms with Gasteiger partial charge in [-0.15, -0.1) is 0 Å². The first-order chi connectivity index (χ1) is 9.78. The van der Waals surface area contributed by atoms with Crippen molar-refractivity contribution in [3.05, 3.63) is 53.6 Å². The summed E-state index contributed by atoms with van der Waals surface area (Å²) in [6.45, 7) is 5.69. The van der Waals surface area contributed by atoms with Gasteiger partial charge in [0.15, 0.2) is 0 Å². The SMILES string of the molecule is CCOCC(C)Nc1ccc2c(c1)Cc1ccccc1-2. The van der Waals surface area contributed by atoms with Crippen molar-refractivity contribution in [2.45, 2.75) is 26.3 Å². The van der Waals surface area contributed by atoms with Gasteiger partial charge in [-0.1, -0.05) is 30.3 Å². The van der Waals surface area contributed by atoms with Crippen LogP contribution < -0.4 is 5.32 Å². The minimum Gasteiger partial charge on any atom is -0.380 e. The van der Waals surface area contributed by atoms with E-state index in [1.54, 1.807) is 0 Å². The second kappa shape index (κ2) is 5.68. The van der Waals surface area contributed by atoms with Crippen LogP contribution >= 0.6 is 0 Å². The Morgan fingerprint density at radius 3 is 2.75 bits per heavy atom. The first kappa shape index (κ1) is 13.2. The summed E-state index contributed by atoms with van der Waals surface area (Å²) >= 11 is 0. The van der Waals surface area contributed by atoms with Gasteiger partial charge in [0, 0.05) is 18.3 Å². The summed E-state index contributed by atoms with van der Waals surface area (Å²) in [6.07, 6.45) is 1.04. The summed E-state index contributed by atoms with van der Waals surface area (Å²) < 4.78 is 5.45. The van der Waals surface area contributed by atoms with E-state index in [2.05, 4.69) is 54.7 Å². The third-order valence-corrected chi connectivity index (χ3v) is 3.78. The fourth-order valence-corrected chi connectivity index (χ4v) is 2.86. The lowest BCUT2D eigenvalue weighted by atomic mass is 10.1. The molecule has 3 rings (SSSR count). The molecule has 0 aromatic heterocycles. The molecule has 0 bridgehead atoms. The Bertz CT molecular complexity index is 606. The van der Waals surface area contributed by atoms with Crippen LogP contribution in [0.25, 0.3) is 11.1 Å². The maximum absolute atomic E-state index is 5.45. The second-order valence-electron chi connectivity index (χ2n) is 5.41. The van der Waals surface area contributed by atoms with E-state index in [9.17, 15) is 0 Å². The predicted octanol–water partition coefficient (Wildman–Crippen LogP) is 4.09. The normalized spacial score (nSPS) is 13.7. The molecule has 0 amide bonds. The molecule has 1 aliphatic carbocycles. The molecule has 2 aromatic carbocycles. The Kier molecular flexibility index (Phi) is 3.75. The molecule has 2 heteroatoms. The maximum Gasteiger partial charge on any atom is 0.0664 e. The summed E-state index contributed by atoms with van der Waals surface area (Å²) in [6, 6.07) is 15.7. The molecule has 0 aliphatic heterocycles. The number of hydrogen-bond donors (Lipinski definition) is 1. The molecule has 2 aromatic rings. The lowest BCUT2D eigenvalue weighted by Crippen LogP contribution is -2.21. The van der Waals surface area contributed by atoms with Gasteiger partial charge in [0.2, 0.25) is 0 Å². The molecule has 0 radical (unpaired) electrons. The van der Waals surface area contributed by atoms with Crippen LogP contribution in [-0.4, -0.2) is 19.3 Å². The number of rotatable bonds is 5. The van der Waals surface area contributed by atoms with Gasteiger partial charge in [0.1, 0.15) is 0 Å². The summed E-state index contributed by atoms with van der Waals surface area (Å²) in [4.78, 5) is 0. The minimum absolute atomic E-state index is 0.330. The van der Waals surface area contributed by atoms with Crippen molar-refractivity contribution in [1.29, 1.82) is 0 Å². The van der Waals surface area contributed by atoms with Gasteiger partial charge in [-0.25, -0.2) is 0 Å². The van der Waals surface area contributed by atoms with Crippen LogP contribution in [-0.2, 0) is 11.2 Å². The average molecular weight is 267 g/mol. The second-order valence-corrected chi connectivity index (χ2v) is 5.41. The molecule has 0 heterocycles. The Balaban J connectivity index is 1.77. The molecular weight excluding hydrogens is 246 g/mol. The van der Waals surface area contributed by atoms with E-state index >= 15 is 0 Å². The molecule has 1 N–H and O–H groups in total. The first-order valence-electron chi connectivity index (χ1n) is 7.33. The molecule has 0 saturated heterocycles. The van der Waals surface area contributed by atoms with Gasteiger partial charge in [-0.3, -0.25) is 0 Å². The van der Waals surface area contributed by atoms with Crippen LogP contribution in [0.2, 0.25) is 0 Å². The number of benzene rings is 2. The molecule has 1 atom stereocenters. The Morgan fingerprint density at radius 2 is 1.90 bits per heavy atom. The highest BCUT2D eigenvalue weighted by Gasteiger charge is 2.17. The van der Waals surface area contributed by atoms with Crippen LogP contribution in [0, 0.1) is 0 Å². The number of nitrogens with one attached hydrogen (secondary N) is 1. The summed E-state index contributed by atoms with van der Waals surface area (Å²) in [5.74, 6) is 0. The Hall–Kier alpha value is -1.80. The van der Waals surface area contributed by atoms with Gasteiger partial charge < -0.3 is 10.1 Å². The molecule has 1 aliphatic rings. The quantitative estimate of drug-likeness (QED) is 0.751. The first-order valence-corrected chi connectivity index (χ1v) is 7.33. The van der Waals surface area contributed by atoms with Crippen molar-refractivity contribution in [3.8, 4) is 11.1 Å². The lowest BCUT2D eigenvalue weighted by Gasteiger charge is -2.16. The topological polar surface area (TPSA) is 21.3 Å². The van der Waals surface area contributed by atoms with Crippen molar-refractivity contribution < 1.29 is 4.74 Å². The van der Waals surface area contributed by atoms with E-state index in [1.165, 1.54) is 27.9 Å². The standard InChI is InChI=1S/C18H21NO/c1-3-20-12-13(2)19-16-8-9-18-15(11-16)10-14-6-4-5-7-17(14)18/h4-9,11,13,19H,3,10,12H2,1-2H3. The van der Waals surface area contributed by atoms with E-state index in [0.29, 0.717) is 6.04 Å². The number of ether oxygens (including phenoxy) is 1. The number of hydrogen-bond acceptors (Lipinski definition) is 2. The van der Waals surface area contributed by atoms with Crippen LogP contribution in [0.4, 0.5) is 5.69 Å². The highest BCUT2D eigenvalue weighted by Crippen LogP contribution is 2.37. The third kappa shape index (κ3) is 2.56. The highest BCUT2D eigenvalue weighted by atomic mass is 16.5. The fourth-order valence-electron chi connectivity index (χ4n) is 2.86. The third-order valence-electron chi connectivity index (χ3n) is 3.78. The summed E-state index contributed by atoms with van der Waals surface area (Å²) in [5.41, 5.74) is 6.80. The van der Waals surface area contributed by atoms with Crippen molar-refractivity contribution in [2.75, 3.05) is 18.5 Å². The molecule has 0 fully saturated rings. The summed E-state index contributed by atoms with van der Waals surface area (Å²) in [5, 5.41) is 3.51. The van der Waals surface area contributed by atoms with Crippen molar-refractivity contribution in [1.82, 2.24) is 0 Å².